The van der Waals surface area contributed by atoms with Crippen LogP contribution in [0.25, 0.3) is 11.0 Å². The fraction of sp³-hybridized carbons (Fsp3) is 0.240. The van der Waals surface area contributed by atoms with Gasteiger partial charge in [-0.05, 0) is 43.3 Å². The van der Waals surface area contributed by atoms with Gasteiger partial charge in [0.2, 0.25) is 0 Å². The summed E-state index contributed by atoms with van der Waals surface area (Å²) in [5.74, 6) is 0.0428. The van der Waals surface area contributed by atoms with Gasteiger partial charge in [-0.2, -0.15) is 0 Å². The van der Waals surface area contributed by atoms with Gasteiger partial charge in [-0.15, -0.1) is 11.3 Å². The summed E-state index contributed by atoms with van der Waals surface area (Å²) < 4.78 is 17.0. The number of nitrogens with one attached hydrogen (secondary N) is 1. The summed E-state index contributed by atoms with van der Waals surface area (Å²) in [6, 6.07) is 14.2. The number of para-hydroxylation sites is 1. The summed E-state index contributed by atoms with van der Waals surface area (Å²) >= 11 is 1.43. The molecule has 0 saturated heterocycles. The van der Waals surface area contributed by atoms with Crippen molar-refractivity contribution in [1.82, 2.24) is 4.98 Å². The summed E-state index contributed by atoms with van der Waals surface area (Å²) in [4.78, 5) is 33.9. The zero-order chi connectivity index (χ0) is 24.0. The van der Waals surface area contributed by atoms with E-state index in [-0.39, 0.29) is 5.91 Å². The molecule has 0 aliphatic carbocycles. The molecule has 8 nitrogen and oxygen atoms in total. The Balaban J connectivity index is 1.62. The van der Waals surface area contributed by atoms with E-state index in [0.29, 0.717) is 33.7 Å². The number of nitrogens with zero attached hydrogens (tertiary/aromatic N) is 2. The van der Waals surface area contributed by atoms with Gasteiger partial charge in [0.1, 0.15) is 17.1 Å². The predicted octanol–water partition coefficient (Wildman–Crippen LogP) is 4.16. The number of aromatic nitrogens is 1. The number of hydrogen-bond acceptors (Lipinski definition) is 8. The van der Waals surface area contributed by atoms with E-state index in [2.05, 4.69) is 10.3 Å². The van der Waals surface area contributed by atoms with Crippen LogP contribution in [0.1, 0.15) is 22.1 Å². The number of carbonyl (C=O) groups is 1. The quantitative estimate of drug-likeness (QED) is 0.431. The summed E-state index contributed by atoms with van der Waals surface area (Å²) in [5, 5.41) is 4.34. The maximum Gasteiger partial charge on any atom is 0.344 e. The molecule has 1 aliphatic rings. The topological polar surface area (TPSA) is 93.9 Å². The minimum Gasteiger partial charge on any atom is -0.497 e. The maximum absolute atomic E-state index is 13.5. The van der Waals surface area contributed by atoms with Crippen molar-refractivity contribution in [3.63, 3.8) is 0 Å². The highest BCUT2D eigenvalue weighted by atomic mass is 32.1. The van der Waals surface area contributed by atoms with Crippen LogP contribution in [0, 0.1) is 6.92 Å². The lowest BCUT2D eigenvalue weighted by Crippen LogP contribution is -2.35. The Labute approximate surface area is 199 Å². The van der Waals surface area contributed by atoms with Crippen LogP contribution >= 0.6 is 11.3 Å². The molecule has 2 aromatic heterocycles. The van der Waals surface area contributed by atoms with Crippen LogP contribution in [0.5, 0.6) is 11.5 Å². The second-order valence-electron chi connectivity index (χ2n) is 8.20. The highest BCUT2D eigenvalue weighted by Crippen LogP contribution is 2.47. The van der Waals surface area contributed by atoms with Crippen molar-refractivity contribution in [3.8, 4) is 11.5 Å². The van der Waals surface area contributed by atoms with Crippen molar-refractivity contribution in [2.24, 2.45) is 0 Å². The van der Waals surface area contributed by atoms with Gasteiger partial charge in [-0.1, -0.05) is 12.1 Å². The normalized spacial score (nSPS) is 16.7. The van der Waals surface area contributed by atoms with Gasteiger partial charge in [0.25, 0.3) is 5.91 Å². The number of aryl methyl sites for hydroxylation is 1. The number of fused-ring (bicyclic) bond motifs is 3. The minimum absolute atomic E-state index is 0.339. The Morgan fingerprint density at radius 1 is 1.15 bits per heavy atom. The van der Waals surface area contributed by atoms with Gasteiger partial charge in [0.05, 0.1) is 29.7 Å². The Bertz CT molecular complexity index is 1440. The lowest BCUT2D eigenvalue weighted by atomic mass is 9.93. The van der Waals surface area contributed by atoms with E-state index < -0.39 is 17.6 Å². The van der Waals surface area contributed by atoms with Crippen molar-refractivity contribution in [1.29, 1.82) is 0 Å². The first-order valence-electron chi connectivity index (χ1n) is 10.7. The van der Waals surface area contributed by atoms with Crippen molar-refractivity contribution in [2.75, 3.05) is 31.4 Å². The lowest BCUT2D eigenvalue weighted by Gasteiger charge is -2.18. The fourth-order valence-electron chi connectivity index (χ4n) is 4.11. The summed E-state index contributed by atoms with van der Waals surface area (Å²) in [6.45, 7) is 1.87. The smallest absolute Gasteiger partial charge is 0.344 e. The zero-order valence-electron chi connectivity index (χ0n) is 19.1. The van der Waals surface area contributed by atoms with Crippen LogP contribution in [0.2, 0.25) is 0 Å². The third kappa shape index (κ3) is 3.67. The van der Waals surface area contributed by atoms with Gasteiger partial charge in [-0.3, -0.25) is 4.79 Å². The molecule has 0 fully saturated rings. The maximum atomic E-state index is 13.5. The van der Waals surface area contributed by atoms with Crippen LogP contribution in [-0.2, 0) is 4.79 Å². The van der Waals surface area contributed by atoms with Crippen LogP contribution in [0.3, 0.4) is 0 Å². The molecule has 1 N–H and O–H groups in total. The van der Waals surface area contributed by atoms with Gasteiger partial charge in [0.15, 0.2) is 11.2 Å². The Morgan fingerprint density at radius 2 is 1.88 bits per heavy atom. The number of ether oxygens (including phenoxy) is 2. The molecule has 0 saturated carbocycles. The molecule has 2 aromatic carbocycles. The van der Waals surface area contributed by atoms with Gasteiger partial charge in [0, 0.05) is 24.7 Å². The largest absolute Gasteiger partial charge is 0.497 e. The van der Waals surface area contributed by atoms with Gasteiger partial charge >= 0.3 is 5.63 Å². The molecule has 0 radical (unpaired) electrons. The summed E-state index contributed by atoms with van der Waals surface area (Å²) in [6.07, 6.45) is -0.972. The van der Waals surface area contributed by atoms with Crippen molar-refractivity contribution in [3.05, 3.63) is 75.1 Å². The lowest BCUT2D eigenvalue weighted by molar-refractivity contribution is -0.122. The van der Waals surface area contributed by atoms with Gasteiger partial charge < -0.3 is 24.1 Å². The highest BCUT2D eigenvalue weighted by Gasteiger charge is 2.46. The molecule has 0 unspecified atom stereocenters. The fourth-order valence-corrected chi connectivity index (χ4v) is 5.24. The molecule has 2 atom stereocenters. The number of amides is 1. The number of rotatable bonds is 5. The molecule has 1 aliphatic heterocycles. The number of methoxy groups -OCH3 is 1. The van der Waals surface area contributed by atoms with Crippen LogP contribution in [0.15, 0.2) is 57.7 Å². The van der Waals surface area contributed by atoms with E-state index in [1.54, 1.807) is 43.5 Å². The van der Waals surface area contributed by atoms with Crippen LogP contribution in [-0.4, -0.2) is 38.2 Å². The van der Waals surface area contributed by atoms with E-state index in [4.69, 9.17) is 13.9 Å². The van der Waals surface area contributed by atoms with Crippen LogP contribution < -0.4 is 25.3 Å². The Morgan fingerprint density at radius 3 is 2.56 bits per heavy atom. The van der Waals surface area contributed by atoms with E-state index in [9.17, 15) is 9.59 Å². The average molecular weight is 478 g/mol. The van der Waals surface area contributed by atoms with Crippen molar-refractivity contribution >= 4 is 39.0 Å². The number of benzene rings is 2. The van der Waals surface area contributed by atoms with E-state index in [0.717, 1.165) is 15.7 Å². The van der Waals surface area contributed by atoms with E-state index in [1.165, 1.54) is 11.3 Å². The molecule has 34 heavy (non-hydrogen) atoms. The third-order valence-electron chi connectivity index (χ3n) is 5.76. The molecule has 4 aromatic rings. The van der Waals surface area contributed by atoms with Gasteiger partial charge in [-0.25, -0.2) is 9.78 Å². The molecule has 9 heteroatoms. The number of thiazole rings is 1. The predicted molar refractivity (Wildman–Crippen MR) is 132 cm³/mol. The monoisotopic (exact) mass is 477 g/mol. The SMILES string of the molecule is COc1ccc(NC(=O)[C@@H]2Oc3c(c(=O)oc4ccccc34)[C@H]2c2sc(N(C)C)nc2C)cc1. The first-order chi connectivity index (χ1) is 16.4. The molecule has 0 bridgehead atoms. The molecule has 0 spiro atoms. The number of anilines is 2. The molecule has 1 amide bonds. The average Bonchev–Trinajstić information content (AvgIpc) is 3.41. The standard InChI is InChI=1S/C25H23N3O5S/c1-13-22(34-25(26-13)28(2)3)18-19-20(16-7-5-6-8-17(16)32-24(19)30)33-21(18)23(29)27-14-9-11-15(31-4)12-10-14/h5-12,18,21H,1-4H3,(H,27,29)/t18-,21-/m1/s1. The third-order valence-corrected chi connectivity index (χ3v) is 7.17. The van der Waals surface area contributed by atoms with Crippen molar-refractivity contribution < 1.29 is 18.7 Å². The van der Waals surface area contributed by atoms with E-state index in [1.807, 2.05) is 38.1 Å². The second-order valence-corrected chi connectivity index (χ2v) is 9.21. The molecule has 5 rings (SSSR count). The number of hydrogen-bond donors (Lipinski definition) is 1. The molecule has 174 valence electrons. The summed E-state index contributed by atoms with van der Waals surface area (Å²) in [7, 11) is 5.38. The summed E-state index contributed by atoms with van der Waals surface area (Å²) in [5.41, 5.74) is 1.57. The van der Waals surface area contributed by atoms with E-state index >= 15 is 0 Å². The Kier molecular flexibility index (Phi) is 5.49. The highest BCUT2D eigenvalue weighted by molar-refractivity contribution is 7.15. The molecular weight excluding hydrogens is 454 g/mol. The zero-order valence-corrected chi connectivity index (χ0v) is 19.9. The first-order valence-corrected chi connectivity index (χ1v) is 11.5. The van der Waals surface area contributed by atoms with Crippen molar-refractivity contribution in [2.45, 2.75) is 18.9 Å². The minimum atomic E-state index is -0.972. The Hall–Kier alpha value is -3.85. The first kappa shape index (κ1) is 22.0. The molecule has 3 heterocycles. The number of carbonyl (C=O) groups excluding carboxylic acids is 1. The second kappa shape index (κ2) is 8.49. The molecular formula is C25H23N3O5S. The van der Waals surface area contributed by atoms with Crippen LogP contribution in [0.4, 0.5) is 10.8 Å².